The smallest absolute Gasteiger partial charge is 0.220 e. The second kappa shape index (κ2) is 10.4. The van der Waals surface area contributed by atoms with Crippen LogP contribution in [0.1, 0.15) is 22.7 Å². The molecule has 0 aliphatic rings. The number of thiazole rings is 1. The van der Waals surface area contributed by atoms with E-state index < -0.39 is 0 Å². The quantitative estimate of drug-likeness (QED) is 0.776. The van der Waals surface area contributed by atoms with Gasteiger partial charge in [0.15, 0.2) is 0 Å². The van der Waals surface area contributed by atoms with Crippen molar-refractivity contribution in [3.63, 3.8) is 0 Å². The molecular formula is C15H21Cl2N3OS. The summed E-state index contributed by atoms with van der Waals surface area (Å²) in [7, 11) is 0. The number of nitrogens with two attached hydrogens (primary N) is 1. The van der Waals surface area contributed by atoms with Crippen LogP contribution in [0.4, 0.5) is 5.69 Å². The molecular weight excluding hydrogens is 341 g/mol. The van der Waals surface area contributed by atoms with E-state index in [9.17, 15) is 4.79 Å². The van der Waals surface area contributed by atoms with E-state index in [1.165, 1.54) is 0 Å². The Kier molecular flexibility index (Phi) is 9.81. The molecule has 1 heterocycles. The van der Waals surface area contributed by atoms with E-state index in [0.717, 1.165) is 28.4 Å². The van der Waals surface area contributed by atoms with Gasteiger partial charge >= 0.3 is 0 Å². The number of hydrogen-bond acceptors (Lipinski definition) is 4. The van der Waals surface area contributed by atoms with Crippen molar-refractivity contribution in [3.05, 3.63) is 45.9 Å². The average Bonchev–Trinajstić information content (AvgIpc) is 2.83. The average molecular weight is 362 g/mol. The molecule has 0 spiro atoms. The Morgan fingerprint density at radius 2 is 2.00 bits per heavy atom. The summed E-state index contributed by atoms with van der Waals surface area (Å²) in [6, 6.07) is 7.65. The van der Waals surface area contributed by atoms with Crippen LogP contribution in [-0.2, 0) is 17.6 Å². The summed E-state index contributed by atoms with van der Waals surface area (Å²) < 4.78 is 0. The third-order valence-electron chi connectivity index (χ3n) is 3.05. The van der Waals surface area contributed by atoms with E-state index in [-0.39, 0.29) is 30.7 Å². The lowest BCUT2D eigenvalue weighted by Gasteiger charge is -2.06. The van der Waals surface area contributed by atoms with Crippen molar-refractivity contribution in [2.45, 2.75) is 26.2 Å². The van der Waals surface area contributed by atoms with E-state index >= 15 is 0 Å². The minimum absolute atomic E-state index is 0. The largest absolute Gasteiger partial charge is 0.399 e. The zero-order valence-electron chi connectivity index (χ0n) is 12.4. The van der Waals surface area contributed by atoms with Crippen LogP contribution >= 0.6 is 36.2 Å². The number of benzene rings is 1. The minimum Gasteiger partial charge on any atom is -0.399 e. The number of halogens is 2. The Morgan fingerprint density at radius 1 is 1.27 bits per heavy atom. The third kappa shape index (κ3) is 6.64. The molecule has 3 N–H and O–H groups in total. The highest BCUT2D eigenvalue weighted by atomic mass is 35.5. The summed E-state index contributed by atoms with van der Waals surface area (Å²) in [6.07, 6.45) is 1.92. The van der Waals surface area contributed by atoms with Gasteiger partial charge < -0.3 is 11.1 Å². The number of aromatic nitrogens is 1. The fourth-order valence-corrected chi connectivity index (χ4v) is 2.60. The van der Waals surface area contributed by atoms with Crippen LogP contribution in [0.15, 0.2) is 29.6 Å². The monoisotopic (exact) mass is 361 g/mol. The minimum atomic E-state index is 0. The third-order valence-corrected chi connectivity index (χ3v) is 3.87. The Bertz CT molecular complexity index is 590. The zero-order valence-corrected chi connectivity index (χ0v) is 14.8. The molecule has 2 rings (SSSR count). The number of nitrogens with one attached hydrogen (secondary N) is 1. The molecule has 1 aromatic carbocycles. The molecule has 0 bridgehead atoms. The van der Waals surface area contributed by atoms with Gasteiger partial charge in [-0.1, -0.05) is 18.2 Å². The molecule has 0 atom stereocenters. The summed E-state index contributed by atoms with van der Waals surface area (Å²) in [5.74, 6) is 0.0557. The van der Waals surface area contributed by atoms with Gasteiger partial charge in [-0.15, -0.1) is 36.2 Å². The maximum Gasteiger partial charge on any atom is 0.220 e. The number of nitrogens with zero attached hydrogens (tertiary/aromatic N) is 1. The van der Waals surface area contributed by atoms with Gasteiger partial charge in [-0.25, -0.2) is 4.98 Å². The molecule has 4 nitrogen and oxygen atoms in total. The number of amides is 1. The van der Waals surface area contributed by atoms with Crippen LogP contribution in [0.5, 0.6) is 0 Å². The number of hydrogen-bond donors (Lipinski definition) is 2. The van der Waals surface area contributed by atoms with E-state index in [1.807, 2.05) is 36.6 Å². The number of nitrogen functional groups attached to an aromatic ring is 1. The maximum atomic E-state index is 11.8. The molecule has 22 heavy (non-hydrogen) atoms. The first-order valence-corrected chi connectivity index (χ1v) is 7.54. The van der Waals surface area contributed by atoms with Crippen molar-refractivity contribution in [1.82, 2.24) is 10.3 Å². The standard InChI is InChI=1S/C15H19N3OS.2ClH/c1-11-18-13(10-20-11)8-9-17-15(19)7-6-12-4-2-3-5-14(12)16;;/h2-5,10H,6-9,16H2,1H3,(H,17,19);2*1H. The molecule has 7 heteroatoms. The molecule has 2 aromatic rings. The summed E-state index contributed by atoms with van der Waals surface area (Å²) in [6.45, 7) is 2.61. The fraction of sp³-hybridized carbons (Fsp3) is 0.333. The van der Waals surface area contributed by atoms with Crippen molar-refractivity contribution in [2.75, 3.05) is 12.3 Å². The van der Waals surface area contributed by atoms with Crippen molar-refractivity contribution in [3.8, 4) is 0 Å². The zero-order chi connectivity index (χ0) is 14.4. The number of carbonyl (C=O) groups excluding carboxylic acids is 1. The SMILES string of the molecule is Cc1nc(CCNC(=O)CCc2ccccc2N)cs1.Cl.Cl. The second-order valence-corrected chi connectivity index (χ2v) is 5.72. The lowest BCUT2D eigenvalue weighted by Crippen LogP contribution is -2.26. The van der Waals surface area contributed by atoms with Crippen LogP contribution in [0.25, 0.3) is 0 Å². The first-order valence-electron chi connectivity index (χ1n) is 6.66. The molecule has 0 unspecified atom stereocenters. The molecule has 122 valence electrons. The maximum absolute atomic E-state index is 11.8. The highest BCUT2D eigenvalue weighted by Gasteiger charge is 2.05. The van der Waals surface area contributed by atoms with Crippen LogP contribution in [0.3, 0.4) is 0 Å². The lowest BCUT2D eigenvalue weighted by atomic mass is 10.1. The van der Waals surface area contributed by atoms with Gasteiger partial charge in [-0.2, -0.15) is 0 Å². The molecule has 0 radical (unpaired) electrons. The number of para-hydroxylation sites is 1. The summed E-state index contributed by atoms with van der Waals surface area (Å²) in [5, 5.41) is 6.01. The Labute approximate surface area is 147 Å². The molecule has 0 saturated carbocycles. The first kappa shape index (κ1) is 20.7. The van der Waals surface area contributed by atoms with Gasteiger partial charge in [0.25, 0.3) is 0 Å². The molecule has 1 amide bonds. The predicted octanol–water partition coefficient (Wildman–Crippen LogP) is 3.17. The van der Waals surface area contributed by atoms with E-state index in [2.05, 4.69) is 10.3 Å². The van der Waals surface area contributed by atoms with E-state index in [0.29, 0.717) is 19.4 Å². The molecule has 0 saturated heterocycles. The van der Waals surface area contributed by atoms with Crippen molar-refractivity contribution >= 4 is 47.7 Å². The fourth-order valence-electron chi connectivity index (χ4n) is 1.95. The van der Waals surface area contributed by atoms with Gasteiger partial charge in [0.1, 0.15) is 0 Å². The number of carbonyl (C=O) groups is 1. The van der Waals surface area contributed by atoms with Crippen LogP contribution in [0, 0.1) is 6.92 Å². The van der Waals surface area contributed by atoms with E-state index in [4.69, 9.17) is 5.73 Å². The molecule has 0 aliphatic heterocycles. The topological polar surface area (TPSA) is 68.0 Å². The summed E-state index contributed by atoms with van der Waals surface area (Å²) >= 11 is 1.63. The highest BCUT2D eigenvalue weighted by Crippen LogP contribution is 2.12. The van der Waals surface area contributed by atoms with Gasteiger partial charge in [0, 0.05) is 30.5 Å². The van der Waals surface area contributed by atoms with Crippen molar-refractivity contribution in [2.24, 2.45) is 0 Å². The van der Waals surface area contributed by atoms with Gasteiger partial charge in [-0.3, -0.25) is 4.79 Å². The van der Waals surface area contributed by atoms with Crippen molar-refractivity contribution in [1.29, 1.82) is 0 Å². The number of anilines is 1. The van der Waals surface area contributed by atoms with Crippen molar-refractivity contribution < 1.29 is 4.79 Å². The number of aryl methyl sites for hydroxylation is 2. The molecule has 0 aliphatic carbocycles. The Balaban J connectivity index is 0.00000220. The van der Waals surface area contributed by atoms with Gasteiger partial charge in [0.05, 0.1) is 10.7 Å². The van der Waals surface area contributed by atoms with E-state index in [1.54, 1.807) is 11.3 Å². The van der Waals surface area contributed by atoms with Gasteiger partial charge in [0.2, 0.25) is 5.91 Å². The lowest BCUT2D eigenvalue weighted by molar-refractivity contribution is -0.121. The van der Waals surface area contributed by atoms with Crippen LogP contribution in [0.2, 0.25) is 0 Å². The van der Waals surface area contributed by atoms with Gasteiger partial charge in [-0.05, 0) is 25.0 Å². The normalized spacial score (nSPS) is 9.50. The summed E-state index contributed by atoms with van der Waals surface area (Å²) in [5.41, 5.74) is 8.66. The number of rotatable bonds is 6. The van der Waals surface area contributed by atoms with Crippen LogP contribution in [-0.4, -0.2) is 17.4 Å². The Hall–Kier alpha value is -1.30. The Morgan fingerprint density at radius 3 is 2.64 bits per heavy atom. The molecule has 1 aromatic heterocycles. The highest BCUT2D eigenvalue weighted by molar-refractivity contribution is 7.09. The van der Waals surface area contributed by atoms with Crippen LogP contribution < -0.4 is 11.1 Å². The first-order chi connectivity index (χ1) is 9.65. The summed E-state index contributed by atoms with van der Waals surface area (Å²) in [4.78, 5) is 16.1. The second-order valence-electron chi connectivity index (χ2n) is 4.66. The predicted molar refractivity (Wildman–Crippen MR) is 97.2 cm³/mol. The molecule has 0 fully saturated rings.